The number of hydrogen-bond acceptors (Lipinski definition) is 7. The van der Waals surface area contributed by atoms with Gasteiger partial charge in [-0.15, -0.1) is 0 Å². The van der Waals surface area contributed by atoms with E-state index in [0.29, 0.717) is 44.5 Å². The quantitative estimate of drug-likeness (QED) is 0.787. The van der Waals surface area contributed by atoms with Gasteiger partial charge in [0, 0.05) is 57.0 Å². The van der Waals surface area contributed by atoms with E-state index in [9.17, 15) is 8.42 Å². The lowest BCUT2D eigenvalue weighted by molar-refractivity contribution is 0.177. The fourth-order valence-electron chi connectivity index (χ4n) is 3.22. The largest absolute Gasteiger partial charge is 0.377 e. The van der Waals surface area contributed by atoms with Crippen molar-refractivity contribution in [3.63, 3.8) is 0 Å². The molecule has 2 heterocycles. The number of anilines is 1. The Hall–Kier alpha value is -1.29. The highest BCUT2D eigenvalue weighted by molar-refractivity contribution is 7.88. The molecule has 0 spiro atoms. The minimum absolute atomic E-state index is 0.262. The van der Waals surface area contributed by atoms with Gasteiger partial charge in [-0.2, -0.15) is 4.31 Å². The molecule has 24 heavy (non-hydrogen) atoms. The molecule has 8 nitrogen and oxygen atoms in total. The van der Waals surface area contributed by atoms with Gasteiger partial charge in [-0.1, -0.05) is 0 Å². The lowest BCUT2D eigenvalue weighted by atomic mass is 9.78. The van der Waals surface area contributed by atoms with Crippen LogP contribution in [0.4, 0.5) is 5.82 Å². The number of aromatic nitrogens is 2. The monoisotopic (exact) mass is 355 g/mol. The minimum atomic E-state index is -3.13. The summed E-state index contributed by atoms with van der Waals surface area (Å²) in [6.45, 7) is 2.57. The van der Waals surface area contributed by atoms with Crippen molar-refractivity contribution in [2.75, 3.05) is 44.4 Å². The maximum Gasteiger partial charge on any atom is 0.211 e. The molecule has 0 atom stereocenters. The number of sulfonamides is 1. The molecule has 2 N–H and O–H groups in total. The van der Waals surface area contributed by atoms with E-state index in [4.69, 9.17) is 10.5 Å². The minimum Gasteiger partial charge on any atom is -0.377 e. The molecule has 9 heteroatoms. The Balaban J connectivity index is 1.77. The van der Waals surface area contributed by atoms with Crippen LogP contribution in [-0.4, -0.2) is 68.3 Å². The first-order chi connectivity index (χ1) is 11.4. The van der Waals surface area contributed by atoms with Crippen molar-refractivity contribution in [2.24, 2.45) is 5.73 Å². The first-order valence-corrected chi connectivity index (χ1v) is 10.0. The molecule has 2 aliphatic rings. The fourth-order valence-corrected chi connectivity index (χ4v) is 4.05. The van der Waals surface area contributed by atoms with Crippen LogP contribution in [0.15, 0.2) is 6.07 Å². The molecule has 1 aromatic heterocycles. The van der Waals surface area contributed by atoms with Crippen LogP contribution in [0.2, 0.25) is 0 Å². The summed E-state index contributed by atoms with van der Waals surface area (Å²) < 4.78 is 30.0. The van der Waals surface area contributed by atoms with Crippen LogP contribution in [0.25, 0.3) is 0 Å². The third-order valence-corrected chi connectivity index (χ3v) is 5.98. The molecule has 2 fully saturated rings. The Labute approximate surface area is 143 Å². The van der Waals surface area contributed by atoms with E-state index in [-0.39, 0.29) is 6.04 Å². The van der Waals surface area contributed by atoms with Gasteiger partial charge in [0.1, 0.15) is 12.4 Å². The highest BCUT2D eigenvalue weighted by atomic mass is 32.2. The molecule has 1 aliphatic carbocycles. The van der Waals surface area contributed by atoms with Crippen molar-refractivity contribution in [3.8, 4) is 0 Å². The summed E-state index contributed by atoms with van der Waals surface area (Å²) in [4.78, 5) is 11.3. The molecule has 1 aromatic rings. The average Bonchev–Trinajstić information content (AvgIpc) is 2.51. The van der Waals surface area contributed by atoms with E-state index >= 15 is 0 Å². The molecule has 0 bridgehead atoms. The lowest BCUT2D eigenvalue weighted by Crippen LogP contribution is -2.48. The summed E-state index contributed by atoms with van der Waals surface area (Å²) in [5, 5.41) is 0. The second kappa shape index (κ2) is 6.91. The van der Waals surface area contributed by atoms with Gasteiger partial charge in [0.05, 0.1) is 6.26 Å². The normalized spacial score (nSPS) is 25.5. The number of nitrogens with zero attached hydrogens (tertiary/aromatic N) is 4. The van der Waals surface area contributed by atoms with Crippen molar-refractivity contribution in [2.45, 2.75) is 31.4 Å². The van der Waals surface area contributed by atoms with E-state index in [0.717, 1.165) is 24.4 Å². The van der Waals surface area contributed by atoms with Gasteiger partial charge in [-0.05, 0) is 12.8 Å². The number of piperazine rings is 1. The first kappa shape index (κ1) is 17.5. The topological polar surface area (TPSA) is 102 Å². The van der Waals surface area contributed by atoms with Gasteiger partial charge >= 0.3 is 0 Å². The summed E-state index contributed by atoms with van der Waals surface area (Å²) in [6.07, 6.45) is 3.15. The zero-order valence-electron chi connectivity index (χ0n) is 14.2. The van der Waals surface area contributed by atoms with Crippen LogP contribution in [-0.2, 0) is 21.4 Å². The fraction of sp³-hybridized carbons (Fsp3) is 0.733. The maximum absolute atomic E-state index is 11.6. The SMILES string of the molecule is COCc1nc(C2CC(N)C2)cc(N2CCN(S(C)(=O)=O)CC2)n1. The summed E-state index contributed by atoms with van der Waals surface area (Å²) in [7, 11) is -1.51. The number of nitrogens with two attached hydrogens (primary N) is 1. The lowest BCUT2D eigenvalue weighted by Gasteiger charge is -2.35. The van der Waals surface area contributed by atoms with Crippen LogP contribution in [0.3, 0.4) is 0 Å². The predicted molar refractivity (Wildman–Crippen MR) is 91.3 cm³/mol. The predicted octanol–water partition coefficient (Wildman–Crippen LogP) is -0.0907. The number of hydrogen-bond donors (Lipinski definition) is 1. The molecule has 3 rings (SSSR count). The molecule has 1 aliphatic heterocycles. The van der Waals surface area contributed by atoms with Crippen molar-refractivity contribution >= 4 is 15.8 Å². The smallest absolute Gasteiger partial charge is 0.211 e. The second-order valence-corrected chi connectivity index (χ2v) is 8.56. The van der Waals surface area contributed by atoms with E-state index in [1.54, 1.807) is 7.11 Å². The molecular formula is C15H25N5O3S. The summed E-state index contributed by atoms with van der Waals surface area (Å²) in [5.41, 5.74) is 6.91. The molecule has 1 saturated carbocycles. The van der Waals surface area contributed by atoms with Crippen LogP contribution in [0.1, 0.15) is 30.3 Å². The van der Waals surface area contributed by atoms with Crippen molar-refractivity contribution in [3.05, 3.63) is 17.6 Å². The van der Waals surface area contributed by atoms with E-state index < -0.39 is 10.0 Å². The molecule has 134 valence electrons. The Morgan fingerprint density at radius 2 is 1.92 bits per heavy atom. The van der Waals surface area contributed by atoms with Crippen LogP contribution in [0, 0.1) is 0 Å². The molecule has 0 aromatic carbocycles. The highest BCUT2D eigenvalue weighted by Crippen LogP contribution is 2.35. The highest BCUT2D eigenvalue weighted by Gasteiger charge is 2.30. The third-order valence-electron chi connectivity index (χ3n) is 4.68. The number of methoxy groups -OCH3 is 1. The Morgan fingerprint density at radius 3 is 2.46 bits per heavy atom. The van der Waals surface area contributed by atoms with Gasteiger partial charge in [-0.25, -0.2) is 18.4 Å². The maximum atomic E-state index is 11.6. The summed E-state index contributed by atoms with van der Waals surface area (Å²) >= 11 is 0. The van der Waals surface area contributed by atoms with Gasteiger partial charge in [0.2, 0.25) is 10.0 Å². The number of ether oxygens (including phenoxy) is 1. The second-order valence-electron chi connectivity index (χ2n) is 6.58. The molecule has 1 saturated heterocycles. The summed E-state index contributed by atoms with van der Waals surface area (Å²) in [5.74, 6) is 1.89. The van der Waals surface area contributed by atoms with Gasteiger partial charge in [-0.3, -0.25) is 0 Å². The van der Waals surface area contributed by atoms with Gasteiger partial charge in [0.15, 0.2) is 5.82 Å². The van der Waals surface area contributed by atoms with Crippen molar-refractivity contribution in [1.29, 1.82) is 0 Å². The van der Waals surface area contributed by atoms with Crippen LogP contribution in [0.5, 0.6) is 0 Å². The van der Waals surface area contributed by atoms with E-state index in [2.05, 4.69) is 14.9 Å². The van der Waals surface area contributed by atoms with Crippen LogP contribution < -0.4 is 10.6 Å². The molecule has 0 amide bonds. The Morgan fingerprint density at radius 1 is 1.25 bits per heavy atom. The standard InChI is InChI=1S/C15H25N5O3S/c1-23-10-14-17-13(11-7-12(16)8-11)9-15(18-14)19-3-5-20(6-4-19)24(2,21)22/h9,11-12H,3-8,10,16H2,1-2H3. The average molecular weight is 355 g/mol. The zero-order valence-corrected chi connectivity index (χ0v) is 15.0. The third kappa shape index (κ3) is 3.85. The Bertz CT molecular complexity index is 682. The van der Waals surface area contributed by atoms with E-state index in [1.165, 1.54) is 10.6 Å². The summed E-state index contributed by atoms with van der Waals surface area (Å²) in [6, 6.07) is 2.28. The molecule has 0 radical (unpaired) electrons. The molecule has 0 unspecified atom stereocenters. The van der Waals surface area contributed by atoms with Crippen molar-refractivity contribution in [1.82, 2.24) is 14.3 Å². The Kier molecular flexibility index (Phi) is 5.05. The van der Waals surface area contributed by atoms with E-state index in [1.807, 2.05) is 6.07 Å². The zero-order chi connectivity index (χ0) is 17.3. The van der Waals surface area contributed by atoms with Gasteiger partial charge in [0.25, 0.3) is 0 Å². The first-order valence-electron chi connectivity index (χ1n) is 8.19. The van der Waals surface area contributed by atoms with Crippen LogP contribution >= 0.6 is 0 Å². The van der Waals surface area contributed by atoms with Gasteiger partial charge < -0.3 is 15.4 Å². The molecular weight excluding hydrogens is 330 g/mol. The number of rotatable bonds is 5. The van der Waals surface area contributed by atoms with Crippen molar-refractivity contribution < 1.29 is 13.2 Å².